The minimum absolute atomic E-state index is 0.128. The Labute approximate surface area is 111 Å². The lowest BCUT2D eigenvalue weighted by atomic mass is 9.73. The summed E-state index contributed by atoms with van der Waals surface area (Å²) in [7, 11) is 0. The molecule has 0 amide bonds. The highest BCUT2D eigenvalue weighted by Crippen LogP contribution is 2.48. The molecule has 19 heavy (non-hydrogen) atoms. The Morgan fingerprint density at radius 3 is 2.89 bits per heavy atom. The van der Waals surface area contributed by atoms with Gasteiger partial charge in [-0.1, -0.05) is 0 Å². The smallest absolute Gasteiger partial charge is 0.265 e. The van der Waals surface area contributed by atoms with Crippen molar-refractivity contribution in [1.29, 1.82) is 0 Å². The molecular weight excluding hydrogens is 246 g/mol. The molecule has 3 saturated heterocycles. The van der Waals surface area contributed by atoms with Crippen LogP contribution >= 0.6 is 0 Å². The summed E-state index contributed by atoms with van der Waals surface area (Å²) in [6.45, 7) is 3.57. The molecule has 0 saturated carbocycles. The first-order valence-electron chi connectivity index (χ1n) is 6.90. The lowest BCUT2D eigenvalue weighted by Crippen LogP contribution is -2.59. The fourth-order valence-electron chi connectivity index (χ4n) is 3.95. The van der Waals surface area contributed by atoms with Crippen molar-refractivity contribution in [1.82, 2.24) is 10.2 Å². The van der Waals surface area contributed by atoms with Crippen LogP contribution in [0.2, 0.25) is 0 Å². The van der Waals surface area contributed by atoms with Gasteiger partial charge in [0.25, 0.3) is 5.70 Å². The minimum Gasteiger partial charge on any atom is -0.470 e. The molecule has 0 radical (unpaired) electrons. The zero-order chi connectivity index (χ0) is 13.0. The summed E-state index contributed by atoms with van der Waals surface area (Å²) < 4.78 is 6.22. The van der Waals surface area contributed by atoms with Crippen LogP contribution in [0.3, 0.4) is 0 Å². The maximum absolute atomic E-state index is 10.9. The summed E-state index contributed by atoms with van der Waals surface area (Å²) in [6.07, 6.45) is 4.89. The molecule has 6 heteroatoms. The Morgan fingerprint density at radius 2 is 2.26 bits per heavy atom. The van der Waals surface area contributed by atoms with Gasteiger partial charge in [-0.05, 0) is 25.9 Å². The number of rotatable bonds is 1. The van der Waals surface area contributed by atoms with Crippen molar-refractivity contribution in [2.24, 2.45) is 5.92 Å². The molecule has 2 bridgehead atoms. The molecule has 1 N–H and O–H groups in total. The fraction of sp³-hybridized carbons (Fsp3) is 0.692. The molecule has 0 aromatic rings. The van der Waals surface area contributed by atoms with Crippen LogP contribution in [0, 0.1) is 16.0 Å². The van der Waals surface area contributed by atoms with Crippen LogP contribution in [0.1, 0.15) is 19.3 Å². The molecule has 1 spiro atoms. The van der Waals surface area contributed by atoms with Crippen molar-refractivity contribution >= 4 is 0 Å². The highest BCUT2D eigenvalue weighted by atomic mass is 16.6. The molecule has 3 fully saturated rings. The van der Waals surface area contributed by atoms with E-state index in [2.05, 4.69) is 10.2 Å². The number of nitrogens with zero attached hydrogens (tertiary/aromatic N) is 2. The largest absolute Gasteiger partial charge is 0.470 e. The summed E-state index contributed by atoms with van der Waals surface area (Å²) in [5, 5.41) is 13.9. The normalized spacial score (nSPS) is 39.7. The molecule has 0 aromatic heterocycles. The van der Waals surface area contributed by atoms with Gasteiger partial charge in [0.2, 0.25) is 0 Å². The highest BCUT2D eigenvalue weighted by molar-refractivity contribution is 5.34. The predicted molar refractivity (Wildman–Crippen MR) is 67.7 cm³/mol. The molecule has 1 atom stereocenters. The van der Waals surface area contributed by atoms with Gasteiger partial charge in [0.1, 0.15) is 12.1 Å². The van der Waals surface area contributed by atoms with E-state index in [1.165, 1.54) is 25.9 Å². The zero-order valence-electron chi connectivity index (χ0n) is 10.7. The maximum atomic E-state index is 10.9. The van der Waals surface area contributed by atoms with Crippen LogP contribution in [0.5, 0.6) is 0 Å². The molecule has 1 unspecified atom stereocenters. The number of piperidine rings is 3. The van der Waals surface area contributed by atoms with Gasteiger partial charge in [-0.2, -0.15) is 0 Å². The minimum atomic E-state index is -0.307. The van der Waals surface area contributed by atoms with Crippen molar-refractivity contribution in [2.45, 2.75) is 24.9 Å². The molecule has 5 aliphatic heterocycles. The Bertz CT molecular complexity index is 505. The number of nitrogens with one attached hydrogen (secondary N) is 1. The zero-order valence-corrected chi connectivity index (χ0v) is 10.7. The SMILES string of the molecule is O=[N+]([O-])C1=CC2=C(NC1)OC1(C2)CN2CCC1CC2. The van der Waals surface area contributed by atoms with Crippen molar-refractivity contribution in [2.75, 3.05) is 26.2 Å². The summed E-state index contributed by atoms with van der Waals surface area (Å²) in [6, 6.07) is 0. The van der Waals surface area contributed by atoms with E-state index in [0.29, 0.717) is 5.92 Å². The topological polar surface area (TPSA) is 67.6 Å². The summed E-state index contributed by atoms with van der Waals surface area (Å²) in [4.78, 5) is 13.0. The van der Waals surface area contributed by atoms with E-state index in [1.807, 2.05) is 0 Å². The molecular formula is C13H17N3O3. The van der Waals surface area contributed by atoms with Crippen molar-refractivity contribution in [3.63, 3.8) is 0 Å². The number of nitro groups is 1. The quantitative estimate of drug-likeness (QED) is 0.561. The number of fused-ring (bicyclic) bond motifs is 2. The number of allylic oxidation sites excluding steroid dienone is 1. The maximum Gasteiger partial charge on any atom is 0.265 e. The molecule has 102 valence electrons. The molecule has 0 aromatic carbocycles. The number of hydrogen-bond donors (Lipinski definition) is 1. The van der Waals surface area contributed by atoms with Gasteiger partial charge in [-0.15, -0.1) is 0 Å². The molecule has 5 aliphatic rings. The second kappa shape index (κ2) is 3.72. The molecule has 6 nitrogen and oxygen atoms in total. The monoisotopic (exact) mass is 263 g/mol. The molecule has 0 aliphatic carbocycles. The van der Waals surface area contributed by atoms with Crippen molar-refractivity contribution in [3.8, 4) is 0 Å². The average Bonchev–Trinajstić information content (AvgIpc) is 2.76. The second-order valence-electron chi connectivity index (χ2n) is 5.99. The van der Waals surface area contributed by atoms with Crippen LogP contribution in [0.4, 0.5) is 0 Å². The lowest BCUT2D eigenvalue weighted by molar-refractivity contribution is -0.426. The molecule has 5 rings (SSSR count). The van der Waals surface area contributed by atoms with Gasteiger partial charge < -0.3 is 10.1 Å². The van der Waals surface area contributed by atoms with Gasteiger partial charge in [-0.3, -0.25) is 15.0 Å². The standard InChI is InChI=1S/C13H17N3O3/c17-16(18)11-5-9-6-13(19-12(9)14-7-11)8-15-3-1-10(13)2-4-15/h5,10,14H,1-4,6-8H2. The van der Waals surface area contributed by atoms with Gasteiger partial charge in [0, 0.05) is 30.5 Å². The summed E-state index contributed by atoms with van der Waals surface area (Å²) in [5.41, 5.74) is 1.09. The third kappa shape index (κ3) is 1.59. The third-order valence-electron chi connectivity index (χ3n) is 4.91. The first kappa shape index (κ1) is 11.3. The van der Waals surface area contributed by atoms with Crippen molar-refractivity contribution < 1.29 is 9.66 Å². The summed E-state index contributed by atoms with van der Waals surface area (Å²) in [5.74, 6) is 1.37. The van der Waals surface area contributed by atoms with Gasteiger partial charge >= 0.3 is 0 Å². The highest BCUT2D eigenvalue weighted by Gasteiger charge is 2.53. The van der Waals surface area contributed by atoms with E-state index in [0.717, 1.165) is 24.4 Å². The van der Waals surface area contributed by atoms with E-state index in [-0.39, 0.29) is 22.8 Å². The predicted octanol–water partition coefficient (Wildman–Crippen LogP) is 0.846. The van der Waals surface area contributed by atoms with Gasteiger partial charge in [-0.25, -0.2) is 0 Å². The Hall–Kier alpha value is -1.56. The lowest BCUT2D eigenvalue weighted by Gasteiger charge is -2.50. The summed E-state index contributed by atoms with van der Waals surface area (Å²) >= 11 is 0. The first-order valence-corrected chi connectivity index (χ1v) is 6.90. The Kier molecular flexibility index (Phi) is 2.21. The van der Waals surface area contributed by atoms with Crippen LogP contribution in [0.15, 0.2) is 23.2 Å². The van der Waals surface area contributed by atoms with Crippen molar-refractivity contribution in [3.05, 3.63) is 33.3 Å². The first-order chi connectivity index (χ1) is 9.16. The fourth-order valence-corrected chi connectivity index (χ4v) is 3.95. The van der Waals surface area contributed by atoms with Crippen LogP contribution in [-0.2, 0) is 4.74 Å². The van der Waals surface area contributed by atoms with Crippen LogP contribution < -0.4 is 5.32 Å². The number of hydrogen-bond acceptors (Lipinski definition) is 5. The van der Waals surface area contributed by atoms with E-state index in [4.69, 9.17) is 4.74 Å². The van der Waals surface area contributed by atoms with Gasteiger partial charge in [0.15, 0.2) is 5.88 Å². The van der Waals surface area contributed by atoms with Gasteiger partial charge in [0.05, 0.1) is 4.92 Å². The van der Waals surface area contributed by atoms with E-state index in [1.54, 1.807) is 6.08 Å². The second-order valence-corrected chi connectivity index (χ2v) is 5.99. The van der Waals surface area contributed by atoms with E-state index < -0.39 is 0 Å². The van der Waals surface area contributed by atoms with E-state index >= 15 is 0 Å². The van der Waals surface area contributed by atoms with E-state index in [9.17, 15) is 10.1 Å². The Balaban J connectivity index is 1.61. The number of ether oxygens (including phenoxy) is 1. The molecule has 5 heterocycles. The Morgan fingerprint density at radius 1 is 1.47 bits per heavy atom. The third-order valence-corrected chi connectivity index (χ3v) is 4.91. The average molecular weight is 263 g/mol. The number of dihydropyridines is 1. The van der Waals surface area contributed by atoms with Crippen LogP contribution in [0.25, 0.3) is 0 Å². The van der Waals surface area contributed by atoms with Crippen LogP contribution in [-0.4, -0.2) is 41.6 Å².